The maximum atomic E-state index is 9.58. The molecule has 0 amide bonds. The first kappa shape index (κ1) is 10.2. The Kier molecular flexibility index (Phi) is 3.95. The van der Waals surface area contributed by atoms with Gasteiger partial charge in [0.25, 0.3) is 0 Å². The molecular formula is C9H15NO3. The second-order valence-electron chi connectivity index (χ2n) is 2.98. The lowest BCUT2D eigenvalue weighted by molar-refractivity contribution is 0.106. The minimum atomic E-state index is -0.639. The van der Waals surface area contributed by atoms with Crippen molar-refractivity contribution in [3.63, 3.8) is 0 Å². The van der Waals surface area contributed by atoms with Gasteiger partial charge in [-0.25, -0.2) is 0 Å². The highest BCUT2D eigenvalue weighted by molar-refractivity contribution is 5.02. The molecule has 0 fully saturated rings. The third-order valence-corrected chi connectivity index (χ3v) is 1.78. The molecule has 0 saturated heterocycles. The monoisotopic (exact) mass is 185 g/mol. The summed E-state index contributed by atoms with van der Waals surface area (Å²) in [4.78, 5) is 0. The highest BCUT2D eigenvalue weighted by atomic mass is 16.5. The zero-order valence-corrected chi connectivity index (χ0v) is 7.64. The number of nitrogens with two attached hydrogens (primary N) is 1. The van der Waals surface area contributed by atoms with E-state index in [0.29, 0.717) is 18.8 Å². The summed E-state index contributed by atoms with van der Waals surface area (Å²) in [7, 11) is 1.58. The van der Waals surface area contributed by atoms with Gasteiger partial charge in [0.05, 0.1) is 12.9 Å². The molecule has 0 bridgehead atoms. The van der Waals surface area contributed by atoms with E-state index in [-0.39, 0.29) is 6.04 Å². The Morgan fingerprint density at radius 2 is 2.46 bits per heavy atom. The van der Waals surface area contributed by atoms with Crippen molar-refractivity contribution >= 4 is 0 Å². The van der Waals surface area contributed by atoms with Crippen molar-refractivity contribution in [3.8, 4) is 0 Å². The lowest BCUT2D eigenvalue weighted by atomic mass is 10.1. The standard InChI is InChI=1S/C9H15NO3/c1-12-6-7(10)5-8(11)9-3-2-4-13-9/h2-4,7-8,11H,5-6,10H2,1H3. The quantitative estimate of drug-likeness (QED) is 0.707. The molecule has 1 aromatic rings. The van der Waals surface area contributed by atoms with E-state index in [1.54, 1.807) is 19.2 Å². The summed E-state index contributed by atoms with van der Waals surface area (Å²) in [5.41, 5.74) is 5.66. The molecule has 0 aliphatic heterocycles. The molecule has 74 valence electrons. The van der Waals surface area contributed by atoms with Crippen molar-refractivity contribution in [2.24, 2.45) is 5.73 Å². The van der Waals surface area contributed by atoms with Gasteiger partial charge in [-0.3, -0.25) is 0 Å². The van der Waals surface area contributed by atoms with Crippen molar-refractivity contribution < 1.29 is 14.3 Å². The summed E-state index contributed by atoms with van der Waals surface area (Å²) < 4.78 is 9.88. The van der Waals surface area contributed by atoms with Crippen LogP contribution in [0.4, 0.5) is 0 Å². The molecule has 0 radical (unpaired) electrons. The van der Waals surface area contributed by atoms with Crippen LogP contribution >= 0.6 is 0 Å². The molecule has 1 heterocycles. The maximum Gasteiger partial charge on any atom is 0.132 e. The van der Waals surface area contributed by atoms with Gasteiger partial charge in [-0.15, -0.1) is 0 Å². The number of aliphatic hydroxyl groups excluding tert-OH is 1. The van der Waals surface area contributed by atoms with Crippen LogP contribution in [-0.4, -0.2) is 24.9 Å². The van der Waals surface area contributed by atoms with E-state index in [0.717, 1.165) is 0 Å². The number of methoxy groups -OCH3 is 1. The molecule has 0 aliphatic carbocycles. The van der Waals surface area contributed by atoms with Gasteiger partial charge in [0.2, 0.25) is 0 Å². The predicted octanol–water partition coefficient (Wildman–Crippen LogP) is 0.677. The average molecular weight is 185 g/mol. The fraction of sp³-hybridized carbons (Fsp3) is 0.556. The van der Waals surface area contributed by atoms with E-state index in [1.807, 2.05) is 0 Å². The minimum absolute atomic E-state index is 0.162. The van der Waals surface area contributed by atoms with Crippen LogP contribution in [0.25, 0.3) is 0 Å². The fourth-order valence-electron chi connectivity index (χ4n) is 1.17. The van der Waals surface area contributed by atoms with Crippen LogP contribution in [-0.2, 0) is 4.74 Å². The van der Waals surface area contributed by atoms with Crippen molar-refractivity contribution in [1.29, 1.82) is 0 Å². The number of hydrogen-bond acceptors (Lipinski definition) is 4. The molecule has 4 nitrogen and oxygen atoms in total. The molecule has 0 spiro atoms. The van der Waals surface area contributed by atoms with E-state index < -0.39 is 6.10 Å². The summed E-state index contributed by atoms with van der Waals surface area (Å²) in [6.45, 7) is 0.442. The summed E-state index contributed by atoms with van der Waals surface area (Å²) >= 11 is 0. The number of aliphatic hydroxyl groups is 1. The third kappa shape index (κ3) is 3.18. The molecule has 4 heteroatoms. The Hall–Kier alpha value is -0.840. The van der Waals surface area contributed by atoms with E-state index in [1.165, 1.54) is 6.26 Å². The number of rotatable bonds is 5. The van der Waals surface area contributed by atoms with Gasteiger partial charge in [0.15, 0.2) is 0 Å². The Morgan fingerprint density at radius 3 is 3.00 bits per heavy atom. The molecule has 2 unspecified atom stereocenters. The number of furan rings is 1. The summed E-state index contributed by atoms with van der Waals surface area (Å²) in [6, 6.07) is 3.30. The van der Waals surface area contributed by atoms with E-state index in [2.05, 4.69) is 0 Å². The van der Waals surface area contributed by atoms with Crippen LogP contribution in [0.3, 0.4) is 0 Å². The predicted molar refractivity (Wildman–Crippen MR) is 48.1 cm³/mol. The van der Waals surface area contributed by atoms with Crippen LogP contribution in [0.15, 0.2) is 22.8 Å². The van der Waals surface area contributed by atoms with E-state index >= 15 is 0 Å². The summed E-state index contributed by atoms with van der Waals surface area (Å²) in [5.74, 6) is 0.548. The fourth-order valence-corrected chi connectivity index (χ4v) is 1.17. The smallest absolute Gasteiger partial charge is 0.132 e. The molecule has 1 rings (SSSR count). The average Bonchev–Trinajstić information content (AvgIpc) is 2.55. The molecule has 1 aromatic heterocycles. The topological polar surface area (TPSA) is 68.6 Å². The SMILES string of the molecule is COCC(N)CC(O)c1ccco1. The Bertz CT molecular complexity index is 223. The first-order chi connectivity index (χ1) is 6.24. The van der Waals surface area contributed by atoms with Gasteiger partial charge in [0, 0.05) is 13.2 Å². The van der Waals surface area contributed by atoms with Crippen molar-refractivity contribution in [2.75, 3.05) is 13.7 Å². The highest BCUT2D eigenvalue weighted by Gasteiger charge is 2.14. The lowest BCUT2D eigenvalue weighted by Gasteiger charge is -2.13. The van der Waals surface area contributed by atoms with Crippen LogP contribution in [0.5, 0.6) is 0 Å². The Morgan fingerprint density at radius 1 is 1.69 bits per heavy atom. The van der Waals surface area contributed by atoms with Crippen molar-refractivity contribution in [3.05, 3.63) is 24.2 Å². The largest absolute Gasteiger partial charge is 0.467 e. The maximum absolute atomic E-state index is 9.58. The van der Waals surface area contributed by atoms with Gasteiger partial charge in [-0.2, -0.15) is 0 Å². The molecule has 0 saturated carbocycles. The second-order valence-corrected chi connectivity index (χ2v) is 2.98. The first-order valence-corrected chi connectivity index (χ1v) is 4.20. The molecule has 0 aromatic carbocycles. The lowest BCUT2D eigenvalue weighted by Crippen LogP contribution is -2.27. The van der Waals surface area contributed by atoms with Gasteiger partial charge < -0.3 is 20.0 Å². The van der Waals surface area contributed by atoms with Gasteiger partial charge in [-0.1, -0.05) is 0 Å². The van der Waals surface area contributed by atoms with Crippen LogP contribution in [0, 0.1) is 0 Å². The highest BCUT2D eigenvalue weighted by Crippen LogP contribution is 2.17. The van der Waals surface area contributed by atoms with Crippen molar-refractivity contribution in [1.82, 2.24) is 0 Å². The summed E-state index contributed by atoms with van der Waals surface area (Å²) in [6.07, 6.45) is 1.34. The Balaban J connectivity index is 2.37. The van der Waals surface area contributed by atoms with Gasteiger partial charge >= 0.3 is 0 Å². The zero-order valence-electron chi connectivity index (χ0n) is 7.64. The molecule has 2 atom stereocenters. The van der Waals surface area contributed by atoms with Gasteiger partial charge in [0.1, 0.15) is 11.9 Å². The van der Waals surface area contributed by atoms with Crippen molar-refractivity contribution in [2.45, 2.75) is 18.6 Å². The normalized spacial score (nSPS) is 15.6. The van der Waals surface area contributed by atoms with Crippen LogP contribution in [0.1, 0.15) is 18.3 Å². The zero-order chi connectivity index (χ0) is 9.68. The molecule has 0 aliphatic rings. The van der Waals surface area contributed by atoms with E-state index in [9.17, 15) is 5.11 Å². The van der Waals surface area contributed by atoms with E-state index in [4.69, 9.17) is 14.9 Å². The minimum Gasteiger partial charge on any atom is -0.467 e. The second kappa shape index (κ2) is 5.01. The van der Waals surface area contributed by atoms with Gasteiger partial charge in [-0.05, 0) is 18.6 Å². The molecular weight excluding hydrogens is 170 g/mol. The Labute approximate surface area is 77.3 Å². The summed E-state index contributed by atoms with van der Waals surface area (Å²) in [5, 5.41) is 9.58. The number of ether oxygens (including phenoxy) is 1. The third-order valence-electron chi connectivity index (χ3n) is 1.78. The molecule has 3 N–H and O–H groups in total. The van der Waals surface area contributed by atoms with Crippen LogP contribution in [0.2, 0.25) is 0 Å². The first-order valence-electron chi connectivity index (χ1n) is 4.20. The molecule has 13 heavy (non-hydrogen) atoms. The van der Waals surface area contributed by atoms with Crippen LogP contribution < -0.4 is 5.73 Å². The number of hydrogen-bond donors (Lipinski definition) is 2.